The van der Waals surface area contributed by atoms with E-state index < -0.39 is 0 Å². The molecule has 5 nitrogen and oxygen atoms in total. The number of hydrogen-bond donors (Lipinski definition) is 2. The van der Waals surface area contributed by atoms with E-state index in [4.69, 9.17) is 4.74 Å². The molecule has 2 atom stereocenters. The van der Waals surface area contributed by atoms with Gasteiger partial charge in [0.2, 0.25) is 0 Å². The van der Waals surface area contributed by atoms with Crippen LogP contribution in [0.1, 0.15) is 47.5 Å². The zero-order valence-electron chi connectivity index (χ0n) is 15.4. The molecule has 0 amide bonds. The molecular formula is C17H36N4O. The predicted molar refractivity (Wildman–Crippen MR) is 94.5 cm³/mol. The first-order valence-corrected chi connectivity index (χ1v) is 8.69. The Morgan fingerprint density at radius 1 is 1.41 bits per heavy atom. The van der Waals surface area contributed by atoms with Gasteiger partial charge in [-0.25, -0.2) is 0 Å². The molecule has 0 radical (unpaired) electrons. The lowest BCUT2D eigenvalue weighted by molar-refractivity contribution is 0.0310. The van der Waals surface area contributed by atoms with Gasteiger partial charge in [-0.05, 0) is 53.0 Å². The molecule has 1 aliphatic heterocycles. The number of rotatable bonds is 7. The maximum Gasteiger partial charge on any atom is 0.191 e. The van der Waals surface area contributed by atoms with Crippen LogP contribution in [0.15, 0.2) is 4.99 Å². The van der Waals surface area contributed by atoms with Crippen LogP contribution in [0.3, 0.4) is 0 Å². The maximum atomic E-state index is 5.43. The molecule has 1 saturated heterocycles. The van der Waals surface area contributed by atoms with Crippen LogP contribution in [0.2, 0.25) is 0 Å². The molecule has 0 spiro atoms. The Morgan fingerprint density at radius 2 is 2.14 bits per heavy atom. The van der Waals surface area contributed by atoms with Crippen molar-refractivity contribution >= 4 is 5.96 Å². The molecule has 1 aliphatic rings. The first-order chi connectivity index (χ1) is 10.4. The molecule has 0 aromatic rings. The number of ether oxygens (including phenoxy) is 1. The highest BCUT2D eigenvalue weighted by Crippen LogP contribution is 2.17. The van der Waals surface area contributed by atoms with Gasteiger partial charge in [0.05, 0.1) is 12.1 Å². The minimum atomic E-state index is -0.226. The summed E-state index contributed by atoms with van der Waals surface area (Å²) in [5, 5.41) is 6.78. The Labute approximate surface area is 136 Å². The molecule has 5 heteroatoms. The third-order valence-corrected chi connectivity index (χ3v) is 4.39. The Morgan fingerprint density at radius 3 is 2.73 bits per heavy atom. The average Bonchev–Trinajstić information content (AvgIpc) is 2.49. The molecule has 1 heterocycles. The standard InChI is InChI=1S/C17H36N4O/c1-7-18-16(20-13-17(4,5)22-6)19-11-15(3)21-10-8-9-14(2)12-21/h14-15H,7-13H2,1-6H3,(H2,18,19,20). The van der Waals surface area contributed by atoms with E-state index in [1.165, 1.54) is 25.9 Å². The molecule has 1 rings (SSSR count). The average molecular weight is 313 g/mol. The third kappa shape index (κ3) is 6.97. The lowest BCUT2D eigenvalue weighted by Crippen LogP contribution is -2.48. The van der Waals surface area contributed by atoms with Crippen molar-refractivity contribution in [2.45, 2.75) is 59.1 Å². The van der Waals surface area contributed by atoms with Gasteiger partial charge in [-0.15, -0.1) is 0 Å². The Kier molecular flexibility index (Phi) is 8.18. The number of hydrogen-bond acceptors (Lipinski definition) is 3. The van der Waals surface area contributed by atoms with Crippen molar-refractivity contribution in [3.05, 3.63) is 0 Å². The van der Waals surface area contributed by atoms with Gasteiger partial charge < -0.3 is 15.4 Å². The smallest absolute Gasteiger partial charge is 0.191 e. The third-order valence-electron chi connectivity index (χ3n) is 4.39. The highest BCUT2D eigenvalue weighted by Gasteiger charge is 2.21. The topological polar surface area (TPSA) is 48.9 Å². The van der Waals surface area contributed by atoms with Gasteiger partial charge in [0.15, 0.2) is 5.96 Å². The molecule has 0 aliphatic carbocycles. The summed E-state index contributed by atoms with van der Waals surface area (Å²) in [7, 11) is 1.73. The maximum absolute atomic E-state index is 5.43. The number of likely N-dealkylation sites (tertiary alicyclic amines) is 1. The number of methoxy groups -OCH3 is 1. The molecule has 1 fully saturated rings. The normalized spacial score (nSPS) is 22.5. The Hall–Kier alpha value is -0.810. The zero-order chi connectivity index (χ0) is 16.6. The second kappa shape index (κ2) is 9.36. The predicted octanol–water partition coefficient (Wildman–Crippen LogP) is 2.09. The van der Waals surface area contributed by atoms with Crippen molar-refractivity contribution in [1.82, 2.24) is 15.5 Å². The minimum Gasteiger partial charge on any atom is -0.377 e. The van der Waals surface area contributed by atoms with E-state index in [1.807, 2.05) is 0 Å². The first-order valence-electron chi connectivity index (χ1n) is 8.69. The monoisotopic (exact) mass is 312 g/mol. The largest absolute Gasteiger partial charge is 0.377 e. The van der Waals surface area contributed by atoms with Gasteiger partial charge in [-0.2, -0.15) is 0 Å². The van der Waals surface area contributed by atoms with Crippen LogP contribution in [0.5, 0.6) is 0 Å². The van der Waals surface area contributed by atoms with Crippen LogP contribution < -0.4 is 10.6 Å². The van der Waals surface area contributed by atoms with Gasteiger partial charge in [-0.1, -0.05) is 6.92 Å². The molecule has 2 N–H and O–H groups in total. The van der Waals surface area contributed by atoms with Crippen LogP contribution in [0.4, 0.5) is 0 Å². The van der Waals surface area contributed by atoms with Crippen molar-refractivity contribution in [1.29, 1.82) is 0 Å². The fourth-order valence-corrected chi connectivity index (χ4v) is 2.68. The van der Waals surface area contributed by atoms with E-state index >= 15 is 0 Å². The summed E-state index contributed by atoms with van der Waals surface area (Å²) < 4.78 is 5.43. The fourth-order valence-electron chi connectivity index (χ4n) is 2.68. The number of nitrogens with one attached hydrogen (secondary N) is 2. The minimum absolute atomic E-state index is 0.226. The summed E-state index contributed by atoms with van der Waals surface area (Å²) in [6, 6.07) is 0.530. The van der Waals surface area contributed by atoms with E-state index in [0.29, 0.717) is 12.6 Å². The second-order valence-corrected chi connectivity index (χ2v) is 7.13. The van der Waals surface area contributed by atoms with E-state index in [-0.39, 0.29) is 5.60 Å². The number of piperidine rings is 1. The van der Waals surface area contributed by atoms with Gasteiger partial charge >= 0.3 is 0 Å². The van der Waals surface area contributed by atoms with Gasteiger partial charge in [0, 0.05) is 32.8 Å². The van der Waals surface area contributed by atoms with Crippen LogP contribution in [-0.2, 0) is 4.74 Å². The van der Waals surface area contributed by atoms with Crippen molar-refractivity contribution in [2.75, 3.05) is 39.8 Å². The van der Waals surface area contributed by atoms with Crippen LogP contribution >= 0.6 is 0 Å². The second-order valence-electron chi connectivity index (χ2n) is 7.13. The summed E-state index contributed by atoms with van der Waals surface area (Å²) in [4.78, 5) is 7.23. The highest BCUT2D eigenvalue weighted by atomic mass is 16.5. The Bertz CT molecular complexity index is 344. The molecule has 130 valence electrons. The highest BCUT2D eigenvalue weighted by molar-refractivity contribution is 5.79. The van der Waals surface area contributed by atoms with E-state index in [2.05, 4.69) is 55.1 Å². The summed E-state index contributed by atoms with van der Waals surface area (Å²) in [5.74, 6) is 1.70. The van der Waals surface area contributed by atoms with E-state index in [0.717, 1.165) is 25.0 Å². The fraction of sp³-hybridized carbons (Fsp3) is 0.941. The van der Waals surface area contributed by atoms with Crippen LogP contribution in [0, 0.1) is 5.92 Å². The Balaban J connectivity index is 2.47. The molecule has 2 unspecified atom stereocenters. The SMILES string of the molecule is CCNC(=NCC(C)(C)OC)NCC(C)N1CCCC(C)C1. The molecule has 0 aromatic carbocycles. The lowest BCUT2D eigenvalue weighted by Gasteiger charge is -2.35. The van der Waals surface area contributed by atoms with Crippen molar-refractivity contribution in [3.8, 4) is 0 Å². The molecule has 0 aromatic heterocycles. The zero-order valence-corrected chi connectivity index (χ0v) is 15.4. The number of aliphatic imine (C=N–C) groups is 1. The van der Waals surface area contributed by atoms with Crippen molar-refractivity contribution in [2.24, 2.45) is 10.9 Å². The van der Waals surface area contributed by atoms with Gasteiger partial charge in [-0.3, -0.25) is 9.89 Å². The molecule has 0 saturated carbocycles. The number of guanidine groups is 1. The van der Waals surface area contributed by atoms with E-state index in [1.54, 1.807) is 7.11 Å². The van der Waals surface area contributed by atoms with E-state index in [9.17, 15) is 0 Å². The van der Waals surface area contributed by atoms with Crippen molar-refractivity contribution < 1.29 is 4.74 Å². The van der Waals surface area contributed by atoms with Crippen LogP contribution in [-0.4, -0.2) is 62.3 Å². The quantitative estimate of drug-likeness (QED) is 0.558. The summed E-state index contributed by atoms with van der Waals surface area (Å²) in [6.45, 7) is 15.7. The first kappa shape index (κ1) is 19.2. The van der Waals surface area contributed by atoms with Gasteiger partial charge in [0.1, 0.15) is 0 Å². The molecule has 0 bridgehead atoms. The summed E-state index contributed by atoms with van der Waals surface area (Å²) >= 11 is 0. The van der Waals surface area contributed by atoms with Crippen molar-refractivity contribution in [3.63, 3.8) is 0 Å². The summed E-state index contributed by atoms with van der Waals surface area (Å²) in [5.41, 5.74) is -0.226. The number of nitrogens with zero attached hydrogens (tertiary/aromatic N) is 2. The summed E-state index contributed by atoms with van der Waals surface area (Å²) in [6.07, 6.45) is 2.69. The lowest BCUT2D eigenvalue weighted by atomic mass is 9.99. The van der Waals surface area contributed by atoms with Gasteiger partial charge in [0.25, 0.3) is 0 Å². The van der Waals surface area contributed by atoms with Crippen LogP contribution in [0.25, 0.3) is 0 Å². The molecule has 22 heavy (non-hydrogen) atoms. The molecular weight excluding hydrogens is 276 g/mol.